The number of carbonyl (C=O) groups is 1. The number of nitriles is 1. The van der Waals surface area contributed by atoms with E-state index in [1.807, 2.05) is 17.0 Å². The standard InChI is InChI=1S/C17H21N3O/c18-12-15-6-4-14(5-7-15)11-17(21)20-10-9-19-8-2-1-3-16(19)13-20/h4-7,16H,1-3,8-11,13H2. The van der Waals surface area contributed by atoms with Crippen LogP contribution in [0.25, 0.3) is 0 Å². The minimum atomic E-state index is 0.213. The van der Waals surface area contributed by atoms with Crippen LogP contribution in [0.2, 0.25) is 0 Å². The molecule has 4 nitrogen and oxygen atoms in total. The summed E-state index contributed by atoms with van der Waals surface area (Å²) in [5.41, 5.74) is 1.63. The predicted molar refractivity (Wildman–Crippen MR) is 80.7 cm³/mol. The normalized spacial score (nSPS) is 22.4. The van der Waals surface area contributed by atoms with Crippen LogP contribution in [0.1, 0.15) is 30.4 Å². The van der Waals surface area contributed by atoms with E-state index in [2.05, 4.69) is 11.0 Å². The molecule has 2 fully saturated rings. The van der Waals surface area contributed by atoms with Crippen LogP contribution in [-0.4, -0.2) is 47.9 Å². The highest BCUT2D eigenvalue weighted by Crippen LogP contribution is 2.21. The third-order valence-electron chi connectivity index (χ3n) is 4.63. The lowest BCUT2D eigenvalue weighted by Gasteiger charge is -2.44. The maximum atomic E-state index is 12.4. The molecule has 2 aliphatic heterocycles. The van der Waals surface area contributed by atoms with Crippen molar-refractivity contribution in [3.63, 3.8) is 0 Å². The molecule has 2 heterocycles. The summed E-state index contributed by atoms with van der Waals surface area (Å²) in [6.45, 7) is 3.95. The second-order valence-electron chi connectivity index (χ2n) is 6.01. The molecule has 110 valence electrons. The van der Waals surface area contributed by atoms with Crippen LogP contribution in [0.15, 0.2) is 24.3 Å². The van der Waals surface area contributed by atoms with Gasteiger partial charge < -0.3 is 4.90 Å². The van der Waals surface area contributed by atoms with Gasteiger partial charge in [0.25, 0.3) is 0 Å². The van der Waals surface area contributed by atoms with Gasteiger partial charge in [0, 0.05) is 25.7 Å². The molecule has 0 aromatic heterocycles. The molecule has 3 rings (SSSR count). The molecule has 1 atom stereocenters. The van der Waals surface area contributed by atoms with E-state index in [4.69, 9.17) is 5.26 Å². The first kappa shape index (κ1) is 14.1. The van der Waals surface area contributed by atoms with Crippen molar-refractivity contribution in [3.8, 4) is 6.07 Å². The van der Waals surface area contributed by atoms with E-state index in [9.17, 15) is 4.79 Å². The molecule has 0 aliphatic carbocycles. The number of fused-ring (bicyclic) bond motifs is 1. The first-order valence-electron chi connectivity index (χ1n) is 7.77. The molecular weight excluding hydrogens is 262 g/mol. The summed E-state index contributed by atoms with van der Waals surface area (Å²) in [6, 6.07) is 9.99. The van der Waals surface area contributed by atoms with E-state index >= 15 is 0 Å². The fourth-order valence-corrected chi connectivity index (χ4v) is 3.37. The summed E-state index contributed by atoms with van der Waals surface area (Å²) in [6.07, 6.45) is 4.26. The maximum absolute atomic E-state index is 12.4. The number of nitrogens with zero attached hydrogens (tertiary/aromatic N) is 3. The van der Waals surface area contributed by atoms with Gasteiger partial charge in [-0.15, -0.1) is 0 Å². The van der Waals surface area contributed by atoms with Crippen LogP contribution in [0.4, 0.5) is 0 Å². The Morgan fingerprint density at radius 3 is 2.76 bits per heavy atom. The van der Waals surface area contributed by atoms with Gasteiger partial charge in [0.15, 0.2) is 0 Å². The largest absolute Gasteiger partial charge is 0.340 e. The quantitative estimate of drug-likeness (QED) is 0.831. The zero-order chi connectivity index (χ0) is 14.7. The van der Waals surface area contributed by atoms with Crippen molar-refractivity contribution < 1.29 is 4.79 Å². The van der Waals surface area contributed by atoms with Crippen molar-refractivity contribution in [1.82, 2.24) is 9.80 Å². The zero-order valence-electron chi connectivity index (χ0n) is 12.3. The van der Waals surface area contributed by atoms with Gasteiger partial charge in [-0.2, -0.15) is 5.26 Å². The van der Waals surface area contributed by atoms with Crippen molar-refractivity contribution in [2.75, 3.05) is 26.2 Å². The Morgan fingerprint density at radius 1 is 1.19 bits per heavy atom. The third-order valence-corrected chi connectivity index (χ3v) is 4.63. The number of benzene rings is 1. The fraction of sp³-hybridized carbons (Fsp3) is 0.529. The van der Waals surface area contributed by atoms with Crippen molar-refractivity contribution in [2.45, 2.75) is 31.7 Å². The second kappa shape index (κ2) is 6.28. The minimum absolute atomic E-state index is 0.213. The predicted octanol–water partition coefficient (Wildman–Crippen LogP) is 1.80. The number of piperidine rings is 1. The minimum Gasteiger partial charge on any atom is -0.340 e. The van der Waals surface area contributed by atoms with E-state index in [1.54, 1.807) is 12.1 Å². The average molecular weight is 283 g/mol. The van der Waals surface area contributed by atoms with Crippen molar-refractivity contribution in [1.29, 1.82) is 5.26 Å². The molecule has 4 heteroatoms. The molecule has 0 saturated carbocycles. The molecule has 1 aromatic carbocycles. The Bertz CT molecular complexity index is 546. The highest BCUT2D eigenvalue weighted by atomic mass is 16.2. The third kappa shape index (κ3) is 3.25. The Hall–Kier alpha value is -1.86. The average Bonchev–Trinajstić information content (AvgIpc) is 2.55. The summed E-state index contributed by atoms with van der Waals surface area (Å²) in [5.74, 6) is 0.213. The molecule has 1 unspecified atom stereocenters. The van der Waals surface area contributed by atoms with Crippen molar-refractivity contribution in [3.05, 3.63) is 35.4 Å². The van der Waals surface area contributed by atoms with Crippen LogP contribution in [0.3, 0.4) is 0 Å². The first-order valence-corrected chi connectivity index (χ1v) is 7.77. The molecule has 2 aliphatic rings. The number of piperazine rings is 1. The maximum Gasteiger partial charge on any atom is 0.227 e. The fourth-order valence-electron chi connectivity index (χ4n) is 3.37. The Kier molecular flexibility index (Phi) is 4.21. The Labute approximate surface area is 126 Å². The lowest BCUT2D eigenvalue weighted by molar-refractivity contribution is -0.134. The van der Waals surface area contributed by atoms with E-state index in [-0.39, 0.29) is 5.91 Å². The van der Waals surface area contributed by atoms with E-state index in [0.717, 1.165) is 25.2 Å². The topological polar surface area (TPSA) is 47.3 Å². The lowest BCUT2D eigenvalue weighted by Crippen LogP contribution is -2.56. The summed E-state index contributed by atoms with van der Waals surface area (Å²) in [7, 11) is 0. The van der Waals surface area contributed by atoms with Crippen LogP contribution in [-0.2, 0) is 11.2 Å². The van der Waals surface area contributed by atoms with Gasteiger partial charge in [0.05, 0.1) is 18.1 Å². The highest BCUT2D eigenvalue weighted by molar-refractivity contribution is 5.79. The van der Waals surface area contributed by atoms with Gasteiger partial charge in [-0.1, -0.05) is 18.6 Å². The summed E-state index contributed by atoms with van der Waals surface area (Å²) < 4.78 is 0. The molecule has 0 spiro atoms. The number of hydrogen-bond donors (Lipinski definition) is 0. The smallest absolute Gasteiger partial charge is 0.227 e. The van der Waals surface area contributed by atoms with Crippen molar-refractivity contribution in [2.24, 2.45) is 0 Å². The van der Waals surface area contributed by atoms with Gasteiger partial charge in [-0.3, -0.25) is 9.69 Å². The number of amides is 1. The van der Waals surface area contributed by atoms with Crippen LogP contribution >= 0.6 is 0 Å². The molecule has 0 bridgehead atoms. The van der Waals surface area contributed by atoms with E-state index in [0.29, 0.717) is 18.0 Å². The summed E-state index contributed by atoms with van der Waals surface area (Å²) in [5, 5.41) is 8.79. The number of hydrogen-bond acceptors (Lipinski definition) is 3. The monoisotopic (exact) mass is 283 g/mol. The van der Waals surface area contributed by atoms with Gasteiger partial charge in [0.2, 0.25) is 5.91 Å². The molecule has 1 aromatic rings. The Balaban J connectivity index is 1.59. The van der Waals surface area contributed by atoms with Crippen LogP contribution < -0.4 is 0 Å². The Morgan fingerprint density at radius 2 is 2.00 bits per heavy atom. The van der Waals surface area contributed by atoms with Gasteiger partial charge in [-0.25, -0.2) is 0 Å². The lowest BCUT2D eigenvalue weighted by atomic mass is 9.99. The first-order chi connectivity index (χ1) is 10.3. The van der Waals surface area contributed by atoms with Crippen LogP contribution in [0.5, 0.6) is 0 Å². The SMILES string of the molecule is N#Cc1ccc(CC(=O)N2CCN3CCCCC3C2)cc1. The summed E-state index contributed by atoms with van der Waals surface area (Å²) >= 11 is 0. The summed E-state index contributed by atoms with van der Waals surface area (Å²) in [4.78, 5) is 17.0. The van der Waals surface area contributed by atoms with Gasteiger partial charge in [0.1, 0.15) is 0 Å². The molecule has 0 N–H and O–H groups in total. The van der Waals surface area contributed by atoms with E-state index < -0.39 is 0 Å². The second-order valence-corrected chi connectivity index (χ2v) is 6.01. The molecule has 2 saturated heterocycles. The highest BCUT2D eigenvalue weighted by Gasteiger charge is 2.30. The van der Waals surface area contributed by atoms with Crippen molar-refractivity contribution >= 4 is 5.91 Å². The molecular formula is C17H21N3O. The molecule has 21 heavy (non-hydrogen) atoms. The zero-order valence-corrected chi connectivity index (χ0v) is 12.3. The van der Waals surface area contributed by atoms with Crippen LogP contribution in [0, 0.1) is 11.3 Å². The molecule has 0 radical (unpaired) electrons. The number of carbonyl (C=O) groups excluding carboxylic acids is 1. The van der Waals surface area contributed by atoms with E-state index in [1.165, 1.54) is 25.8 Å². The van der Waals surface area contributed by atoms with Gasteiger partial charge in [-0.05, 0) is 37.1 Å². The van der Waals surface area contributed by atoms with Gasteiger partial charge >= 0.3 is 0 Å². The number of rotatable bonds is 2. The molecule has 1 amide bonds.